The molecule has 2 rings (SSSR count). The van der Waals surface area contributed by atoms with E-state index in [2.05, 4.69) is 15.6 Å². The molecule has 0 bridgehead atoms. The highest BCUT2D eigenvalue weighted by Crippen LogP contribution is 2.11. The number of benzene rings is 2. The molecule has 2 aromatic rings. The van der Waals surface area contributed by atoms with Crippen molar-refractivity contribution < 1.29 is 9.53 Å². The minimum absolute atomic E-state index is 0. The first-order chi connectivity index (χ1) is 13.5. The Bertz CT molecular complexity index is 776. The smallest absolute Gasteiger partial charge is 0.251 e. The maximum atomic E-state index is 12.1. The summed E-state index contributed by atoms with van der Waals surface area (Å²) in [5.41, 5.74) is 8.79. The maximum Gasteiger partial charge on any atom is 0.251 e. The molecule has 7 heteroatoms. The van der Waals surface area contributed by atoms with E-state index in [1.807, 2.05) is 62.4 Å². The minimum atomic E-state index is -0.0517. The van der Waals surface area contributed by atoms with Gasteiger partial charge in [0, 0.05) is 18.2 Å². The Morgan fingerprint density at radius 1 is 1.10 bits per heavy atom. The number of carbonyl (C=O) groups excluding carboxylic acids is 1. The highest BCUT2D eigenvalue weighted by Gasteiger charge is 2.08. The van der Waals surface area contributed by atoms with Crippen molar-refractivity contribution in [2.75, 3.05) is 13.7 Å². The average Bonchev–Trinajstić information content (AvgIpc) is 2.73. The Balaban J connectivity index is 0.00000420. The van der Waals surface area contributed by atoms with Crippen LogP contribution < -0.4 is 21.1 Å². The van der Waals surface area contributed by atoms with Gasteiger partial charge in [-0.1, -0.05) is 31.2 Å². The van der Waals surface area contributed by atoms with Gasteiger partial charge in [-0.25, -0.2) is 4.99 Å². The number of halogens is 1. The molecule has 0 saturated carbocycles. The Kier molecular flexibility index (Phi) is 11.1. The van der Waals surface area contributed by atoms with E-state index in [9.17, 15) is 4.79 Å². The van der Waals surface area contributed by atoms with Gasteiger partial charge in [0.05, 0.1) is 13.7 Å². The van der Waals surface area contributed by atoms with Crippen LogP contribution in [0.1, 0.15) is 41.8 Å². The van der Waals surface area contributed by atoms with E-state index >= 15 is 0 Å². The zero-order valence-corrected chi connectivity index (χ0v) is 19.6. The standard InChI is InChI=1S/C22H30N4O2.HI/c1-4-16(2)26-21(27)19-9-5-18(6-10-19)15-25-22(23)24-14-13-17-7-11-20(28-3)12-8-17;/h5-12,16H,4,13-15H2,1-3H3,(H,26,27)(H3,23,24,25);1H. The SMILES string of the molecule is CCC(C)NC(=O)c1ccc(CN=C(N)NCCc2ccc(OC)cc2)cc1.I. The van der Waals surface area contributed by atoms with Crippen LogP contribution in [0, 0.1) is 0 Å². The van der Waals surface area contributed by atoms with Gasteiger partial charge in [0.25, 0.3) is 5.91 Å². The second-order valence-electron chi connectivity index (χ2n) is 6.71. The fourth-order valence-corrected chi connectivity index (χ4v) is 2.53. The van der Waals surface area contributed by atoms with Gasteiger partial charge in [-0.3, -0.25) is 4.79 Å². The lowest BCUT2D eigenvalue weighted by Crippen LogP contribution is -2.33. The molecule has 0 spiro atoms. The van der Waals surface area contributed by atoms with Gasteiger partial charge in [0.15, 0.2) is 5.96 Å². The molecule has 6 nitrogen and oxygen atoms in total. The van der Waals surface area contributed by atoms with Gasteiger partial charge in [-0.05, 0) is 55.2 Å². The summed E-state index contributed by atoms with van der Waals surface area (Å²) in [5, 5.41) is 6.08. The van der Waals surface area contributed by atoms with Gasteiger partial charge in [-0.15, -0.1) is 24.0 Å². The molecule has 1 unspecified atom stereocenters. The third-order valence-corrected chi connectivity index (χ3v) is 4.52. The lowest BCUT2D eigenvalue weighted by atomic mass is 10.1. The number of guanidine groups is 1. The molecule has 0 aliphatic heterocycles. The average molecular weight is 510 g/mol. The third-order valence-electron chi connectivity index (χ3n) is 4.52. The van der Waals surface area contributed by atoms with Crippen molar-refractivity contribution >= 4 is 35.8 Å². The molecule has 2 aromatic carbocycles. The van der Waals surface area contributed by atoms with Gasteiger partial charge in [0.1, 0.15) is 5.75 Å². The zero-order valence-electron chi connectivity index (χ0n) is 17.3. The zero-order chi connectivity index (χ0) is 20.4. The van der Waals surface area contributed by atoms with Crippen LogP contribution in [-0.4, -0.2) is 31.6 Å². The number of carbonyl (C=O) groups is 1. The molecule has 0 aromatic heterocycles. The normalized spacial score (nSPS) is 11.9. The summed E-state index contributed by atoms with van der Waals surface area (Å²) in [6.07, 6.45) is 1.75. The largest absolute Gasteiger partial charge is 0.497 e. The molecule has 0 heterocycles. The van der Waals surface area contributed by atoms with Gasteiger partial charge in [0.2, 0.25) is 0 Å². The second-order valence-corrected chi connectivity index (χ2v) is 6.71. The van der Waals surface area contributed by atoms with Gasteiger partial charge < -0.3 is 21.1 Å². The lowest BCUT2D eigenvalue weighted by Gasteiger charge is -2.11. The predicted molar refractivity (Wildman–Crippen MR) is 129 cm³/mol. The van der Waals surface area contributed by atoms with Crippen molar-refractivity contribution in [2.24, 2.45) is 10.7 Å². The maximum absolute atomic E-state index is 12.1. The van der Waals surface area contributed by atoms with Crippen molar-refractivity contribution in [1.29, 1.82) is 0 Å². The Morgan fingerprint density at radius 2 is 1.72 bits per heavy atom. The van der Waals surface area contributed by atoms with Crippen LogP contribution in [0.4, 0.5) is 0 Å². The van der Waals surface area contributed by atoms with Crippen molar-refractivity contribution in [3.8, 4) is 5.75 Å². The van der Waals surface area contributed by atoms with E-state index in [0.29, 0.717) is 24.6 Å². The predicted octanol–water partition coefficient (Wildman–Crippen LogP) is 3.49. The summed E-state index contributed by atoms with van der Waals surface area (Å²) in [5.74, 6) is 1.21. The summed E-state index contributed by atoms with van der Waals surface area (Å²) in [6, 6.07) is 15.6. The summed E-state index contributed by atoms with van der Waals surface area (Å²) < 4.78 is 5.15. The molecule has 0 aliphatic carbocycles. The first-order valence-corrected chi connectivity index (χ1v) is 9.58. The van der Waals surface area contributed by atoms with Crippen LogP contribution in [0.15, 0.2) is 53.5 Å². The molecule has 1 amide bonds. The molecule has 29 heavy (non-hydrogen) atoms. The topological polar surface area (TPSA) is 88.7 Å². The quantitative estimate of drug-likeness (QED) is 0.274. The number of nitrogens with two attached hydrogens (primary N) is 1. The number of amides is 1. The molecule has 0 saturated heterocycles. The summed E-state index contributed by atoms with van der Waals surface area (Å²) in [6.45, 7) is 5.21. The summed E-state index contributed by atoms with van der Waals surface area (Å²) in [4.78, 5) is 16.4. The Morgan fingerprint density at radius 3 is 2.31 bits per heavy atom. The monoisotopic (exact) mass is 510 g/mol. The number of hydrogen-bond acceptors (Lipinski definition) is 3. The molecule has 4 N–H and O–H groups in total. The Labute approximate surface area is 190 Å². The van der Waals surface area contributed by atoms with E-state index in [4.69, 9.17) is 10.5 Å². The second kappa shape index (κ2) is 13.0. The van der Waals surface area contributed by atoms with Crippen molar-refractivity contribution in [1.82, 2.24) is 10.6 Å². The van der Waals surface area contributed by atoms with E-state index in [1.54, 1.807) is 7.11 Å². The molecule has 0 fully saturated rings. The van der Waals surface area contributed by atoms with E-state index < -0.39 is 0 Å². The molecule has 1 atom stereocenters. The molecule has 158 valence electrons. The van der Waals surface area contributed by atoms with E-state index in [0.717, 1.165) is 24.2 Å². The van der Waals surface area contributed by atoms with Gasteiger partial charge in [-0.2, -0.15) is 0 Å². The fraction of sp³-hybridized carbons (Fsp3) is 0.364. The number of nitrogens with zero attached hydrogens (tertiary/aromatic N) is 1. The number of aliphatic imine (C=N–C) groups is 1. The van der Waals surface area contributed by atoms with Crippen LogP contribution >= 0.6 is 24.0 Å². The highest BCUT2D eigenvalue weighted by molar-refractivity contribution is 14.0. The minimum Gasteiger partial charge on any atom is -0.497 e. The number of ether oxygens (including phenoxy) is 1. The number of rotatable bonds is 9. The van der Waals surface area contributed by atoms with Crippen molar-refractivity contribution in [2.45, 2.75) is 39.3 Å². The van der Waals surface area contributed by atoms with Crippen molar-refractivity contribution in [3.05, 3.63) is 65.2 Å². The first kappa shape index (κ1) is 24.7. The molecular weight excluding hydrogens is 479 g/mol. The van der Waals surface area contributed by atoms with Crippen molar-refractivity contribution in [3.63, 3.8) is 0 Å². The summed E-state index contributed by atoms with van der Waals surface area (Å²) in [7, 11) is 1.66. The first-order valence-electron chi connectivity index (χ1n) is 9.58. The van der Waals surface area contributed by atoms with Crippen LogP contribution in [0.5, 0.6) is 5.75 Å². The summed E-state index contributed by atoms with van der Waals surface area (Å²) >= 11 is 0. The highest BCUT2D eigenvalue weighted by atomic mass is 127. The molecule has 0 radical (unpaired) electrons. The lowest BCUT2D eigenvalue weighted by molar-refractivity contribution is 0.0939. The van der Waals surface area contributed by atoms with E-state index in [-0.39, 0.29) is 35.9 Å². The number of nitrogens with one attached hydrogen (secondary N) is 2. The van der Waals surface area contributed by atoms with Crippen LogP contribution in [-0.2, 0) is 13.0 Å². The van der Waals surface area contributed by atoms with Crippen LogP contribution in [0.2, 0.25) is 0 Å². The molecule has 0 aliphatic rings. The Hall–Kier alpha value is -2.29. The van der Waals surface area contributed by atoms with Gasteiger partial charge >= 0.3 is 0 Å². The third kappa shape index (κ3) is 8.72. The van der Waals surface area contributed by atoms with E-state index in [1.165, 1.54) is 5.56 Å². The fourth-order valence-electron chi connectivity index (χ4n) is 2.53. The molecular formula is C22H31IN4O2. The van der Waals surface area contributed by atoms with Crippen LogP contribution in [0.25, 0.3) is 0 Å². The number of hydrogen-bond donors (Lipinski definition) is 3. The van der Waals surface area contributed by atoms with Crippen LogP contribution in [0.3, 0.4) is 0 Å². The number of methoxy groups -OCH3 is 1.